The van der Waals surface area contributed by atoms with Crippen molar-refractivity contribution in [3.05, 3.63) is 42.5 Å². The second-order valence-corrected chi connectivity index (χ2v) is 4.45. The lowest BCUT2D eigenvalue weighted by atomic mass is 10.1. The van der Waals surface area contributed by atoms with E-state index >= 15 is 0 Å². The fraction of sp³-hybridized carbons (Fsp3) is 0.214. The first-order valence-corrected chi connectivity index (χ1v) is 5.47. The van der Waals surface area contributed by atoms with E-state index in [1.54, 1.807) is 13.8 Å². The molecular formula is C14H15NO2. The average Bonchev–Trinajstić information content (AvgIpc) is 2.29. The minimum atomic E-state index is -1.01. The lowest BCUT2D eigenvalue weighted by molar-refractivity contribution is -0.130. The summed E-state index contributed by atoms with van der Waals surface area (Å²) in [5, 5.41) is 2.05. The van der Waals surface area contributed by atoms with Crippen LogP contribution in [0.1, 0.15) is 13.8 Å². The van der Waals surface area contributed by atoms with Crippen molar-refractivity contribution in [2.24, 2.45) is 5.73 Å². The molecule has 0 bridgehead atoms. The van der Waals surface area contributed by atoms with Gasteiger partial charge < -0.3 is 10.5 Å². The first-order chi connectivity index (χ1) is 8.00. The molecule has 0 heterocycles. The molecule has 0 radical (unpaired) electrons. The number of ether oxygens (including phenoxy) is 1. The molecule has 0 aromatic heterocycles. The molecule has 3 heteroatoms. The van der Waals surface area contributed by atoms with Crippen LogP contribution in [0.3, 0.4) is 0 Å². The first-order valence-electron chi connectivity index (χ1n) is 5.47. The van der Waals surface area contributed by atoms with E-state index in [1.165, 1.54) is 0 Å². The van der Waals surface area contributed by atoms with Crippen LogP contribution in [0.15, 0.2) is 42.5 Å². The van der Waals surface area contributed by atoms with Gasteiger partial charge in [0.1, 0.15) is 5.75 Å². The number of hydrogen-bond donors (Lipinski definition) is 1. The zero-order valence-electron chi connectivity index (χ0n) is 9.94. The summed E-state index contributed by atoms with van der Waals surface area (Å²) < 4.78 is 5.70. The molecule has 2 N–H and O–H groups in total. The monoisotopic (exact) mass is 229 g/mol. The summed E-state index contributed by atoms with van der Waals surface area (Å²) in [7, 11) is 0. The number of carbonyl (C=O) groups is 1. The molecule has 0 aliphatic heterocycles. The predicted octanol–water partition coefficient (Wildman–Crippen LogP) is 2.48. The van der Waals surface area contributed by atoms with E-state index in [1.807, 2.05) is 42.5 Å². The maximum absolute atomic E-state index is 11.3. The highest BCUT2D eigenvalue weighted by Crippen LogP contribution is 2.28. The molecule has 0 spiro atoms. The molecule has 0 aliphatic carbocycles. The van der Waals surface area contributed by atoms with Gasteiger partial charge in [-0.25, -0.2) is 0 Å². The van der Waals surface area contributed by atoms with Gasteiger partial charge in [0.2, 0.25) is 0 Å². The second-order valence-electron chi connectivity index (χ2n) is 4.45. The van der Waals surface area contributed by atoms with Crippen molar-refractivity contribution in [3.8, 4) is 5.75 Å². The van der Waals surface area contributed by atoms with Crippen LogP contribution in [0.2, 0.25) is 0 Å². The molecular weight excluding hydrogens is 214 g/mol. The highest BCUT2D eigenvalue weighted by atomic mass is 16.5. The van der Waals surface area contributed by atoms with Gasteiger partial charge in [-0.05, 0) is 25.3 Å². The van der Waals surface area contributed by atoms with Gasteiger partial charge in [-0.2, -0.15) is 0 Å². The van der Waals surface area contributed by atoms with E-state index in [-0.39, 0.29) is 0 Å². The molecule has 2 rings (SSSR count). The van der Waals surface area contributed by atoms with Crippen LogP contribution in [0.5, 0.6) is 5.75 Å². The molecule has 0 unspecified atom stereocenters. The van der Waals surface area contributed by atoms with E-state index in [0.717, 1.165) is 10.8 Å². The average molecular weight is 229 g/mol. The van der Waals surface area contributed by atoms with Gasteiger partial charge in [0, 0.05) is 5.39 Å². The van der Waals surface area contributed by atoms with E-state index in [4.69, 9.17) is 10.5 Å². The largest absolute Gasteiger partial charge is 0.477 e. The van der Waals surface area contributed by atoms with E-state index in [0.29, 0.717) is 5.75 Å². The van der Waals surface area contributed by atoms with Crippen LogP contribution in [0.25, 0.3) is 10.8 Å². The Morgan fingerprint density at radius 2 is 1.76 bits per heavy atom. The van der Waals surface area contributed by atoms with Crippen LogP contribution in [-0.2, 0) is 4.79 Å². The van der Waals surface area contributed by atoms with Gasteiger partial charge in [-0.3, -0.25) is 4.79 Å². The molecule has 0 fully saturated rings. The summed E-state index contributed by atoms with van der Waals surface area (Å²) in [6.07, 6.45) is 0. The predicted molar refractivity (Wildman–Crippen MR) is 67.8 cm³/mol. The van der Waals surface area contributed by atoms with Crippen molar-refractivity contribution in [2.45, 2.75) is 19.4 Å². The zero-order chi connectivity index (χ0) is 12.5. The Labute approximate surface area is 100 Å². The van der Waals surface area contributed by atoms with Crippen molar-refractivity contribution in [1.29, 1.82) is 0 Å². The number of primary amides is 1. The second kappa shape index (κ2) is 4.09. The summed E-state index contributed by atoms with van der Waals surface area (Å²) in [4.78, 5) is 11.3. The summed E-state index contributed by atoms with van der Waals surface area (Å²) in [6.45, 7) is 3.33. The lowest BCUT2D eigenvalue weighted by Gasteiger charge is -2.23. The van der Waals surface area contributed by atoms with Crippen molar-refractivity contribution < 1.29 is 9.53 Å². The van der Waals surface area contributed by atoms with Gasteiger partial charge in [-0.1, -0.05) is 36.4 Å². The van der Waals surface area contributed by atoms with Crippen LogP contribution >= 0.6 is 0 Å². The molecule has 0 saturated heterocycles. The van der Waals surface area contributed by atoms with Crippen LogP contribution in [0, 0.1) is 0 Å². The van der Waals surface area contributed by atoms with Crippen LogP contribution in [-0.4, -0.2) is 11.5 Å². The molecule has 1 amide bonds. The smallest absolute Gasteiger partial charge is 0.261 e. The number of carbonyl (C=O) groups excluding carboxylic acids is 1. The molecule has 2 aromatic carbocycles. The Kier molecular flexibility index (Phi) is 2.76. The molecule has 0 aliphatic rings. The topological polar surface area (TPSA) is 52.3 Å². The van der Waals surface area contributed by atoms with Gasteiger partial charge in [0.15, 0.2) is 5.60 Å². The number of benzene rings is 2. The normalized spacial score (nSPS) is 11.4. The third-order valence-electron chi connectivity index (χ3n) is 2.71. The summed E-state index contributed by atoms with van der Waals surface area (Å²) in [6, 6.07) is 13.6. The summed E-state index contributed by atoms with van der Waals surface area (Å²) >= 11 is 0. The summed E-state index contributed by atoms with van der Waals surface area (Å²) in [5.41, 5.74) is 4.29. The Hall–Kier alpha value is -2.03. The summed E-state index contributed by atoms with van der Waals surface area (Å²) in [5.74, 6) is 0.192. The number of hydrogen-bond acceptors (Lipinski definition) is 2. The van der Waals surface area contributed by atoms with Crippen LogP contribution < -0.4 is 10.5 Å². The molecule has 0 saturated carbocycles. The number of nitrogens with two attached hydrogens (primary N) is 1. The maximum Gasteiger partial charge on any atom is 0.261 e. The molecule has 3 nitrogen and oxygen atoms in total. The van der Waals surface area contributed by atoms with E-state index in [2.05, 4.69) is 0 Å². The van der Waals surface area contributed by atoms with Gasteiger partial charge in [0.05, 0.1) is 0 Å². The van der Waals surface area contributed by atoms with E-state index < -0.39 is 11.5 Å². The fourth-order valence-electron chi connectivity index (χ4n) is 1.61. The first kappa shape index (κ1) is 11.5. The Balaban J connectivity index is 2.46. The number of rotatable bonds is 3. The number of amides is 1. The van der Waals surface area contributed by atoms with Crippen molar-refractivity contribution in [2.75, 3.05) is 0 Å². The molecule has 17 heavy (non-hydrogen) atoms. The van der Waals surface area contributed by atoms with Gasteiger partial charge in [-0.15, -0.1) is 0 Å². The Morgan fingerprint density at radius 3 is 2.47 bits per heavy atom. The van der Waals surface area contributed by atoms with Gasteiger partial charge in [0.25, 0.3) is 5.91 Å². The fourth-order valence-corrected chi connectivity index (χ4v) is 1.61. The van der Waals surface area contributed by atoms with Crippen molar-refractivity contribution >= 4 is 16.7 Å². The van der Waals surface area contributed by atoms with Crippen molar-refractivity contribution in [1.82, 2.24) is 0 Å². The SMILES string of the molecule is CC(C)(Oc1cccc2ccccc12)C(N)=O. The third kappa shape index (κ3) is 2.23. The number of fused-ring (bicyclic) bond motifs is 1. The Bertz CT molecular complexity index is 556. The third-order valence-corrected chi connectivity index (χ3v) is 2.71. The lowest BCUT2D eigenvalue weighted by Crippen LogP contribution is -2.43. The maximum atomic E-state index is 11.3. The quantitative estimate of drug-likeness (QED) is 0.879. The highest BCUT2D eigenvalue weighted by Gasteiger charge is 2.27. The molecule has 0 atom stereocenters. The minimum absolute atomic E-state index is 0.481. The van der Waals surface area contributed by atoms with Crippen molar-refractivity contribution in [3.63, 3.8) is 0 Å². The minimum Gasteiger partial charge on any atom is -0.477 e. The zero-order valence-corrected chi connectivity index (χ0v) is 9.94. The van der Waals surface area contributed by atoms with E-state index in [9.17, 15) is 4.79 Å². The van der Waals surface area contributed by atoms with Gasteiger partial charge >= 0.3 is 0 Å². The molecule has 2 aromatic rings. The standard InChI is InChI=1S/C14H15NO2/c1-14(2,13(15)16)17-12-9-5-7-10-6-3-4-8-11(10)12/h3-9H,1-2H3,(H2,15,16). The highest BCUT2D eigenvalue weighted by molar-refractivity contribution is 5.89. The molecule has 88 valence electrons. The Morgan fingerprint density at radius 1 is 1.12 bits per heavy atom. The van der Waals surface area contributed by atoms with Crippen LogP contribution in [0.4, 0.5) is 0 Å².